The molecule has 0 fully saturated rings. The molecule has 0 saturated carbocycles. The molecule has 3 heterocycles. The van der Waals surface area contributed by atoms with E-state index in [0.29, 0.717) is 10.2 Å². The van der Waals surface area contributed by atoms with E-state index in [1.54, 1.807) is 6.07 Å². The number of halogens is 2. The van der Waals surface area contributed by atoms with Gasteiger partial charge in [0.1, 0.15) is 5.15 Å². The van der Waals surface area contributed by atoms with Gasteiger partial charge in [-0.1, -0.05) is 23.2 Å². The lowest BCUT2D eigenvalue weighted by atomic mass is 10.1. The molecule has 0 unspecified atom stereocenters. The summed E-state index contributed by atoms with van der Waals surface area (Å²) in [5, 5.41) is 3.36. The number of fused-ring (bicyclic) bond motifs is 1. The van der Waals surface area contributed by atoms with Crippen LogP contribution in [-0.4, -0.2) is 16.4 Å². The summed E-state index contributed by atoms with van der Waals surface area (Å²) in [5.74, 6) is 0. The highest BCUT2D eigenvalue weighted by Crippen LogP contribution is 2.26. The van der Waals surface area contributed by atoms with Crippen LogP contribution < -0.4 is 0 Å². The minimum Gasteiger partial charge on any atom is -0.293 e. The number of pyridine rings is 1. The molecule has 2 aromatic heterocycles. The van der Waals surface area contributed by atoms with Crippen molar-refractivity contribution in [2.24, 2.45) is 0 Å². The maximum Gasteiger partial charge on any atom is 0.129 e. The van der Waals surface area contributed by atoms with E-state index >= 15 is 0 Å². The summed E-state index contributed by atoms with van der Waals surface area (Å²) in [6.45, 7) is 2.79. The van der Waals surface area contributed by atoms with Crippen molar-refractivity contribution < 1.29 is 0 Å². The van der Waals surface area contributed by atoms with E-state index in [0.717, 1.165) is 31.7 Å². The fraction of sp³-hybridized carbons (Fsp3) is 0.308. The van der Waals surface area contributed by atoms with Crippen molar-refractivity contribution in [3.05, 3.63) is 49.9 Å². The summed E-state index contributed by atoms with van der Waals surface area (Å²) in [6.07, 6.45) is 1.12. The molecule has 0 radical (unpaired) electrons. The molecule has 0 saturated heterocycles. The van der Waals surface area contributed by atoms with Gasteiger partial charge >= 0.3 is 0 Å². The average Bonchev–Trinajstić information content (AvgIpc) is 2.81. The van der Waals surface area contributed by atoms with Crippen LogP contribution in [0.2, 0.25) is 10.2 Å². The monoisotopic (exact) mass is 298 g/mol. The van der Waals surface area contributed by atoms with Gasteiger partial charge in [0, 0.05) is 24.5 Å². The van der Waals surface area contributed by atoms with Crippen LogP contribution in [0, 0.1) is 0 Å². The topological polar surface area (TPSA) is 16.1 Å². The van der Waals surface area contributed by atoms with Gasteiger partial charge in [-0.05, 0) is 35.6 Å². The highest BCUT2D eigenvalue weighted by molar-refractivity contribution is 7.10. The average molecular weight is 299 g/mol. The molecule has 0 atom stereocenters. The minimum atomic E-state index is 0.502. The van der Waals surface area contributed by atoms with Crippen LogP contribution >= 0.6 is 34.5 Å². The van der Waals surface area contributed by atoms with E-state index in [-0.39, 0.29) is 0 Å². The second kappa shape index (κ2) is 5.17. The number of aromatic nitrogens is 1. The number of thiophene rings is 1. The molecule has 1 aliphatic rings. The highest BCUT2D eigenvalue weighted by atomic mass is 35.5. The summed E-state index contributed by atoms with van der Waals surface area (Å²) >= 11 is 13.9. The van der Waals surface area contributed by atoms with Gasteiger partial charge in [-0.2, -0.15) is 0 Å². The summed E-state index contributed by atoms with van der Waals surface area (Å²) in [6, 6.07) is 5.74. The second-order valence-corrected chi connectivity index (χ2v) is 6.19. The zero-order valence-electron chi connectivity index (χ0n) is 9.70. The van der Waals surface area contributed by atoms with Crippen LogP contribution in [0.5, 0.6) is 0 Å². The third kappa shape index (κ3) is 2.54. The van der Waals surface area contributed by atoms with Crippen molar-refractivity contribution in [3.63, 3.8) is 0 Å². The fourth-order valence-electron chi connectivity index (χ4n) is 2.22. The molecule has 18 heavy (non-hydrogen) atoms. The molecule has 3 rings (SSSR count). The summed E-state index contributed by atoms with van der Waals surface area (Å²) < 4.78 is 0. The lowest BCUT2D eigenvalue weighted by Gasteiger charge is -2.26. The Kier molecular flexibility index (Phi) is 3.57. The number of hydrogen-bond acceptors (Lipinski definition) is 3. The quantitative estimate of drug-likeness (QED) is 0.779. The SMILES string of the molecule is Clc1ccc(Cl)c(CN2CCc3sccc3C2)n1. The van der Waals surface area contributed by atoms with Gasteiger partial charge in [-0.25, -0.2) is 4.98 Å². The van der Waals surface area contributed by atoms with Crippen LogP contribution in [-0.2, 0) is 19.5 Å². The zero-order chi connectivity index (χ0) is 12.5. The first-order valence-electron chi connectivity index (χ1n) is 5.81. The fourth-order valence-corrected chi connectivity index (χ4v) is 3.44. The van der Waals surface area contributed by atoms with Crippen LogP contribution in [0.25, 0.3) is 0 Å². The van der Waals surface area contributed by atoms with Gasteiger partial charge in [0.15, 0.2) is 0 Å². The first-order chi connectivity index (χ1) is 8.72. The Balaban J connectivity index is 1.76. The Morgan fingerprint density at radius 3 is 3.06 bits per heavy atom. The molecule has 2 nitrogen and oxygen atoms in total. The van der Waals surface area contributed by atoms with Crippen LogP contribution in [0.15, 0.2) is 23.6 Å². The Hall–Kier alpha value is -0.610. The van der Waals surface area contributed by atoms with E-state index in [1.807, 2.05) is 17.4 Å². The Bertz CT molecular complexity index is 568. The molecule has 0 aromatic carbocycles. The van der Waals surface area contributed by atoms with E-state index in [2.05, 4.69) is 21.3 Å². The van der Waals surface area contributed by atoms with E-state index < -0.39 is 0 Å². The molecule has 0 aliphatic carbocycles. The first-order valence-corrected chi connectivity index (χ1v) is 7.44. The molecule has 0 spiro atoms. The largest absolute Gasteiger partial charge is 0.293 e. The van der Waals surface area contributed by atoms with Crippen molar-refractivity contribution in [3.8, 4) is 0 Å². The Morgan fingerprint density at radius 1 is 1.28 bits per heavy atom. The molecule has 0 N–H and O–H groups in total. The maximum atomic E-state index is 6.15. The first kappa shape index (κ1) is 12.4. The molecule has 0 bridgehead atoms. The second-order valence-electron chi connectivity index (χ2n) is 4.39. The molecule has 94 valence electrons. The van der Waals surface area contributed by atoms with Crippen molar-refractivity contribution in [1.29, 1.82) is 0 Å². The van der Waals surface area contributed by atoms with Crippen molar-refractivity contribution >= 4 is 34.5 Å². The van der Waals surface area contributed by atoms with Crippen molar-refractivity contribution in [2.45, 2.75) is 19.5 Å². The van der Waals surface area contributed by atoms with Crippen LogP contribution in [0.4, 0.5) is 0 Å². The van der Waals surface area contributed by atoms with Gasteiger partial charge in [0.2, 0.25) is 0 Å². The third-order valence-electron chi connectivity index (χ3n) is 3.14. The van der Waals surface area contributed by atoms with Crippen molar-refractivity contribution in [2.75, 3.05) is 6.54 Å². The van der Waals surface area contributed by atoms with Crippen LogP contribution in [0.1, 0.15) is 16.1 Å². The minimum absolute atomic E-state index is 0.502. The van der Waals surface area contributed by atoms with Crippen molar-refractivity contribution in [1.82, 2.24) is 9.88 Å². The predicted molar refractivity (Wildman–Crippen MR) is 76.4 cm³/mol. The van der Waals surface area contributed by atoms with Gasteiger partial charge in [0.25, 0.3) is 0 Å². The van der Waals surface area contributed by atoms with E-state index in [9.17, 15) is 0 Å². The molecule has 1 aliphatic heterocycles. The highest BCUT2D eigenvalue weighted by Gasteiger charge is 2.18. The molecule has 2 aromatic rings. The Labute approximate surface area is 120 Å². The lowest BCUT2D eigenvalue weighted by Crippen LogP contribution is -2.29. The van der Waals surface area contributed by atoms with Gasteiger partial charge in [-0.3, -0.25) is 4.90 Å². The molecule has 5 heteroatoms. The smallest absolute Gasteiger partial charge is 0.129 e. The Morgan fingerprint density at radius 2 is 2.17 bits per heavy atom. The van der Waals surface area contributed by atoms with Crippen LogP contribution in [0.3, 0.4) is 0 Å². The lowest BCUT2D eigenvalue weighted by molar-refractivity contribution is 0.244. The zero-order valence-corrected chi connectivity index (χ0v) is 12.0. The predicted octanol–water partition coefficient (Wildman–Crippen LogP) is 4.01. The maximum absolute atomic E-state index is 6.15. The standard InChI is InChI=1S/C13H12Cl2N2S/c14-10-1-2-13(15)16-11(10)8-17-5-3-12-9(7-17)4-6-18-12/h1-2,4,6H,3,5,7-8H2. The molecular weight excluding hydrogens is 287 g/mol. The number of nitrogens with zero attached hydrogens (tertiary/aromatic N) is 2. The summed E-state index contributed by atoms with van der Waals surface area (Å²) in [5.41, 5.74) is 2.30. The molecule has 0 amide bonds. The van der Waals surface area contributed by atoms with Gasteiger partial charge < -0.3 is 0 Å². The van der Waals surface area contributed by atoms with Gasteiger partial charge in [0.05, 0.1) is 10.7 Å². The molecular formula is C13H12Cl2N2S. The summed E-state index contributed by atoms with van der Waals surface area (Å²) in [7, 11) is 0. The normalized spacial score (nSPS) is 15.7. The van der Waals surface area contributed by atoms with E-state index in [1.165, 1.54) is 10.4 Å². The number of hydrogen-bond donors (Lipinski definition) is 0. The summed E-state index contributed by atoms with van der Waals surface area (Å²) in [4.78, 5) is 8.18. The third-order valence-corrected chi connectivity index (χ3v) is 4.72. The van der Waals surface area contributed by atoms with Gasteiger partial charge in [-0.15, -0.1) is 11.3 Å². The number of rotatable bonds is 2. The van der Waals surface area contributed by atoms with E-state index in [4.69, 9.17) is 23.2 Å².